The van der Waals surface area contributed by atoms with E-state index in [1.807, 2.05) is 6.92 Å². The number of aliphatic hydroxyl groups excluding tert-OH is 1. The fourth-order valence-corrected chi connectivity index (χ4v) is 4.25. The third-order valence-corrected chi connectivity index (χ3v) is 5.47. The number of rotatable bonds is 1. The number of aromatic hydroxyl groups is 1. The van der Waals surface area contributed by atoms with Gasteiger partial charge in [-0.1, -0.05) is 19.1 Å². The number of hydrogen-bond acceptors (Lipinski definition) is 4. The third kappa shape index (κ3) is 1.97. The topological polar surface area (TPSA) is 74.6 Å². The molecule has 0 amide bonds. The second-order valence-corrected chi connectivity index (χ2v) is 6.40. The molecule has 22 heavy (non-hydrogen) atoms. The molecule has 0 bridgehead atoms. The molecule has 0 aliphatic heterocycles. The molecular formula is C18H20O4. The van der Waals surface area contributed by atoms with Gasteiger partial charge in [-0.15, -0.1) is 0 Å². The number of phenolic OH excluding ortho intramolecular Hbond substituents is 1. The van der Waals surface area contributed by atoms with Crippen LogP contribution in [0.5, 0.6) is 5.75 Å². The molecule has 0 saturated heterocycles. The largest absolute Gasteiger partial charge is 0.515 e. The van der Waals surface area contributed by atoms with E-state index in [4.69, 9.17) is 0 Å². The molecule has 0 spiro atoms. The first-order valence-electron chi connectivity index (χ1n) is 7.71. The van der Waals surface area contributed by atoms with Crippen molar-refractivity contribution in [1.82, 2.24) is 0 Å². The molecule has 2 fully saturated rings. The van der Waals surface area contributed by atoms with Gasteiger partial charge in [-0.3, -0.25) is 9.59 Å². The quantitative estimate of drug-likeness (QED) is 0.617. The number of carbonyl (C=O) groups is 2. The zero-order valence-corrected chi connectivity index (χ0v) is 12.6. The first-order chi connectivity index (χ1) is 10.5. The van der Waals surface area contributed by atoms with Crippen molar-refractivity contribution in [3.8, 4) is 5.75 Å². The monoisotopic (exact) mass is 300 g/mol. The molecule has 2 aliphatic carbocycles. The molecule has 3 rings (SSSR count). The van der Waals surface area contributed by atoms with Gasteiger partial charge in [0.15, 0.2) is 5.78 Å². The average molecular weight is 300 g/mol. The summed E-state index contributed by atoms with van der Waals surface area (Å²) in [4.78, 5) is 25.2. The van der Waals surface area contributed by atoms with E-state index in [0.717, 1.165) is 11.8 Å². The Hall–Kier alpha value is -2.10. The van der Waals surface area contributed by atoms with Gasteiger partial charge in [0.2, 0.25) is 0 Å². The number of hydrogen-bond donors (Lipinski definition) is 2. The normalized spacial score (nSPS) is 33.8. The Morgan fingerprint density at radius 1 is 1.18 bits per heavy atom. The molecule has 0 aromatic heterocycles. The van der Waals surface area contributed by atoms with E-state index in [9.17, 15) is 19.8 Å². The van der Waals surface area contributed by atoms with Crippen molar-refractivity contribution in [3.05, 3.63) is 41.7 Å². The lowest BCUT2D eigenvalue weighted by Crippen LogP contribution is -2.53. The standard InChI is InChI=1S/C18H20O4/c1-11-15-7-2-12(10-19)17(22)18(15,9-8-16(11)21)13-3-5-14(20)6-4-13/h3-6,10-11,15,19-20H,2,7-9H2,1H3/t11-,15-,18+/m0/s1. The van der Waals surface area contributed by atoms with E-state index in [-0.39, 0.29) is 29.2 Å². The summed E-state index contributed by atoms with van der Waals surface area (Å²) >= 11 is 0. The summed E-state index contributed by atoms with van der Waals surface area (Å²) in [5, 5.41) is 18.9. The highest BCUT2D eigenvalue weighted by Crippen LogP contribution is 2.52. The molecule has 4 heteroatoms. The van der Waals surface area contributed by atoms with Crippen LogP contribution >= 0.6 is 0 Å². The van der Waals surface area contributed by atoms with Crippen LogP contribution in [0.1, 0.15) is 38.2 Å². The molecule has 1 aromatic carbocycles. The summed E-state index contributed by atoms with van der Waals surface area (Å²) < 4.78 is 0. The number of fused-ring (bicyclic) bond motifs is 1. The zero-order chi connectivity index (χ0) is 15.9. The van der Waals surface area contributed by atoms with E-state index in [0.29, 0.717) is 31.3 Å². The van der Waals surface area contributed by atoms with Gasteiger partial charge in [-0.25, -0.2) is 0 Å². The van der Waals surface area contributed by atoms with Crippen molar-refractivity contribution in [1.29, 1.82) is 0 Å². The van der Waals surface area contributed by atoms with Crippen LogP contribution in [-0.2, 0) is 15.0 Å². The molecule has 116 valence electrons. The molecule has 4 nitrogen and oxygen atoms in total. The first-order valence-corrected chi connectivity index (χ1v) is 7.71. The van der Waals surface area contributed by atoms with Crippen LogP contribution in [0.2, 0.25) is 0 Å². The van der Waals surface area contributed by atoms with Crippen molar-refractivity contribution < 1.29 is 19.8 Å². The molecule has 0 unspecified atom stereocenters. The molecule has 1 aromatic rings. The van der Waals surface area contributed by atoms with E-state index in [1.165, 1.54) is 0 Å². The predicted octanol–water partition coefficient (Wildman–Crippen LogP) is 3.05. The number of Topliss-reactive ketones (excluding diaryl/α,β-unsaturated/α-hetero) is 2. The zero-order valence-electron chi connectivity index (χ0n) is 12.6. The van der Waals surface area contributed by atoms with Gasteiger partial charge < -0.3 is 10.2 Å². The van der Waals surface area contributed by atoms with E-state index >= 15 is 0 Å². The summed E-state index contributed by atoms with van der Waals surface area (Å²) in [6.07, 6.45) is 3.00. The summed E-state index contributed by atoms with van der Waals surface area (Å²) in [7, 11) is 0. The number of benzene rings is 1. The van der Waals surface area contributed by atoms with Crippen LogP contribution in [-0.4, -0.2) is 21.8 Å². The minimum absolute atomic E-state index is 0.0468. The van der Waals surface area contributed by atoms with Gasteiger partial charge in [-0.2, -0.15) is 0 Å². The van der Waals surface area contributed by atoms with Crippen LogP contribution in [0, 0.1) is 11.8 Å². The van der Waals surface area contributed by atoms with Gasteiger partial charge in [0.25, 0.3) is 0 Å². The van der Waals surface area contributed by atoms with E-state index in [1.54, 1.807) is 24.3 Å². The van der Waals surface area contributed by atoms with Gasteiger partial charge in [0.1, 0.15) is 11.5 Å². The molecule has 0 heterocycles. The van der Waals surface area contributed by atoms with Gasteiger partial charge >= 0.3 is 0 Å². The van der Waals surface area contributed by atoms with Crippen molar-refractivity contribution in [2.45, 2.75) is 38.0 Å². The van der Waals surface area contributed by atoms with Crippen LogP contribution in [0.3, 0.4) is 0 Å². The Labute approximate surface area is 129 Å². The molecule has 2 aliphatic rings. The van der Waals surface area contributed by atoms with Crippen LogP contribution in [0.25, 0.3) is 0 Å². The molecule has 2 N–H and O–H groups in total. The Morgan fingerprint density at radius 2 is 1.86 bits per heavy atom. The Morgan fingerprint density at radius 3 is 2.50 bits per heavy atom. The second-order valence-electron chi connectivity index (χ2n) is 6.40. The highest BCUT2D eigenvalue weighted by Gasteiger charge is 2.55. The molecule has 2 saturated carbocycles. The minimum atomic E-state index is -0.756. The van der Waals surface area contributed by atoms with Gasteiger partial charge in [0, 0.05) is 17.9 Å². The summed E-state index contributed by atoms with van der Waals surface area (Å²) in [5.74, 6) is 0.0824. The number of aliphatic hydroxyl groups is 1. The fraction of sp³-hybridized carbons (Fsp3) is 0.444. The number of phenols is 1. The van der Waals surface area contributed by atoms with Crippen molar-refractivity contribution >= 4 is 11.6 Å². The SMILES string of the molecule is C[C@@H]1C(=O)CC[C@]2(c3ccc(O)cc3)C(=O)C(=CO)CC[C@@H]12. The smallest absolute Gasteiger partial charge is 0.172 e. The van der Waals surface area contributed by atoms with Crippen LogP contribution in [0.15, 0.2) is 36.1 Å². The van der Waals surface area contributed by atoms with E-state index < -0.39 is 5.41 Å². The van der Waals surface area contributed by atoms with Crippen LogP contribution in [0.4, 0.5) is 0 Å². The molecule has 0 radical (unpaired) electrons. The highest BCUT2D eigenvalue weighted by atomic mass is 16.3. The maximum Gasteiger partial charge on any atom is 0.172 e. The first kappa shape index (κ1) is 14.8. The number of carbonyl (C=O) groups excluding carboxylic acids is 2. The Bertz CT molecular complexity index is 644. The second kappa shape index (κ2) is 5.27. The number of ketones is 2. The Kier molecular flexibility index (Phi) is 3.55. The van der Waals surface area contributed by atoms with Crippen molar-refractivity contribution in [3.63, 3.8) is 0 Å². The van der Waals surface area contributed by atoms with E-state index in [2.05, 4.69) is 0 Å². The lowest BCUT2D eigenvalue weighted by molar-refractivity contribution is -0.136. The molecule has 3 atom stereocenters. The lowest BCUT2D eigenvalue weighted by Gasteiger charge is -2.49. The average Bonchev–Trinajstić information content (AvgIpc) is 2.52. The third-order valence-electron chi connectivity index (χ3n) is 5.47. The summed E-state index contributed by atoms with van der Waals surface area (Å²) in [5.41, 5.74) is 0.512. The fourth-order valence-electron chi connectivity index (χ4n) is 4.25. The van der Waals surface area contributed by atoms with Crippen molar-refractivity contribution in [2.24, 2.45) is 11.8 Å². The van der Waals surface area contributed by atoms with Crippen molar-refractivity contribution in [2.75, 3.05) is 0 Å². The molecular weight excluding hydrogens is 280 g/mol. The predicted molar refractivity (Wildman–Crippen MR) is 81.6 cm³/mol. The maximum absolute atomic E-state index is 13.0. The summed E-state index contributed by atoms with van der Waals surface area (Å²) in [6.45, 7) is 1.91. The minimum Gasteiger partial charge on any atom is -0.515 e. The lowest BCUT2D eigenvalue weighted by atomic mass is 9.52. The van der Waals surface area contributed by atoms with Gasteiger partial charge in [-0.05, 0) is 42.9 Å². The van der Waals surface area contributed by atoms with Gasteiger partial charge in [0.05, 0.1) is 11.7 Å². The maximum atomic E-state index is 13.0. The number of allylic oxidation sites excluding steroid dienone is 1. The Balaban J connectivity index is 2.16. The highest BCUT2D eigenvalue weighted by molar-refractivity contribution is 6.06. The summed E-state index contributed by atoms with van der Waals surface area (Å²) in [6, 6.07) is 6.69. The van der Waals surface area contributed by atoms with Crippen LogP contribution < -0.4 is 0 Å².